The molecule has 2 nitrogen and oxygen atoms in total. The molecule has 1 N–H and O–H groups in total. The van der Waals surface area contributed by atoms with Gasteiger partial charge in [0.2, 0.25) is 5.91 Å². The van der Waals surface area contributed by atoms with Gasteiger partial charge in [0.25, 0.3) is 0 Å². The molecular weight excluding hydrogens is 329 g/mol. The van der Waals surface area contributed by atoms with Crippen molar-refractivity contribution in [2.75, 3.05) is 5.32 Å². The van der Waals surface area contributed by atoms with Crippen LogP contribution in [0.4, 0.5) is 5.69 Å². The third-order valence-electron chi connectivity index (χ3n) is 3.68. The van der Waals surface area contributed by atoms with E-state index >= 15 is 0 Å². The maximum Gasteiger partial charge on any atom is 0.224 e. The van der Waals surface area contributed by atoms with E-state index in [1.165, 1.54) is 18.4 Å². The van der Waals surface area contributed by atoms with Crippen molar-refractivity contribution < 1.29 is 4.79 Å². The zero-order valence-electron chi connectivity index (χ0n) is 13.2. The Bertz CT molecular complexity index is 653. The van der Waals surface area contributed by atoms with Gasteiger partial charge in [0, 0.05) is 12.1 Å². The van der Waals surface area contributed by atoms with Gasteiger partial charge in [-0.2, -0.15) is 0 Å². The molecule has 122 valence electrons. The number of hydrogen-bond donors (Lipinski definition) is 1. The van der Waals surface area contributed by atoms with Crippen LogP contribution >= 0.6 is 23.2 Å². The van der Waals surface area contributed by atoms with Gasteiger partial charge in [0.15, 0.2) is 0 Å². The quantitative estimate of drug-likeness (QED) is 0.661. The highest BCUT2D eigenvalue weighted by Gasteiger charge is 2.05. The molecule has 0 spiro atoms. The maximum absolute atomic E-state index is 12.0. The van der Waals surface area contributed by atoms with Crippen molar-refractivity contribution in [1.82, 2.24) is 0 Å². The smallest absolute Gasteiger partial charge is 0.224 e. The first-order chi connectivity index (χ1) is 11.1. The molecule has 0 heterocycles. The van der Waals surface area contributed by atoms with Crippen LogP contribution in [-0.2, 0) is 17.6 Å². The normalized spacial score (nSPS) is 10.6. The van der Waals surface area contributed by atoms with E-state index in [-0.39, 0.29) is 5.91 Å². The standard InChI is InChI=1S/C19H21Cl2NO/c1-2-3-4-14-5-9-16(10-6-14)22-19(23)12-8-15-7-11-17(20)18(21)13-15/h5-7,9-11,13H,2-4,8,12H2,1H3,(H,22,23). The van der Waals surface area contributed by atoms with Gasteiger partial charge in [-0.05, 0) is 54.7 Å². The minimum atomic E-state index is -0.00243. The Balaban J connectivity index is 1.83. The summed E-state index contributed by atoms with van der Waals surface area (Å²) in [5.74, 6) is -0.00243. The van der Waals surface area contributed by atoms with Crippen molar-refractivity contribution in [2.45, 2.75) is 39.0 Å². The lowest BCUT2D eigenvalue weighted by Gasteiger charge is -2.07. The van der Waals surface area contributed by atoms with Crippen molar-refractivity contribution >= 4 is 34.8 Å². The van der Waals surface area contributed by atoms with Crippen LogP contribution in [0.3, 0.4) is 0 Å². The highest BCUT2D eigenvalue weighted by Crippen LogP contribution is 2.23. The SMILES string of the molecule is CCCCc1ccc(NC(=O)CCc2ccc(Cl)c(Cl)c2)cc1. The van der Waals surface area contributed by atoms with E-state index < -0.39 is 0 Å². The molecule has 4 heteroatoms. The van der Waals surface area contributed by atoms with Crippen LogP contribution in [0.5, 0.6) is 0 Å². The molecule has 0 aromatic heterocycles. The Labute approximate surface area is 147 Å². The molecule has 2 rings (SSSR count). The average Bonchev–Trinajstić information content (AvgIpc) is 2.55. The molecule has 1 amide bonds. The molecule has 23 heavy (non-hydrogen) atoms. The number of rotatable bonds is 7. The van der Waals surface area contributed by atoms with Crippen LogP contribution in [0.25, 0.3) is 0 Å². The Morgan fingerprint density at radius 1 is 0.957 bits per heavy atom. The average molecular weight is 350 g/mol. The predicted molar refractivity (Wildman–Crippen MR) is 98.5 cm³/mol. The van der Waals surface area contributed by atoms with E-state index in [4.69, 9.17) is 23.2 Å². The van der Waals surface area contributed by atoms with Crippen LogP contribution in [0.15, 0.2) is 42.5 Å². The van der Waals surface area contributed by atoms with Crippen molar-refractivity contribution in [3.63, 3.8) is 0 Å². The molecule has 0 aliphatic carbocycles. The van der Waals surface area contributed by atoms with E-state index in [2.05, 4.69) is 24.4 Å². The highest BCUT2D eigenvalue weighted by molar-refractivity contribution is 6.42. The van der Waals surface area contributed by atoms with Gasteiger partial charge in [-0.3, -0.25) is 4.79 Å². The predicted octanol–water partition coefficient (Wildman–Crippen LogP) is 5.91. The third kappa shape index (κ3) is 5.89. The van der Waals surface area contributed by atoms with Crippen molar-refractivity contribution in [1.29, 1.82) is 0 Å². The summed E-state index contributed by atoms with van der Waals surface area (Å²) < 4.78 is 0. The second-order valence-electron chi connectivity index (χ2n) is 5.60. The van der Waals surface area contributed by atoms with Crippen LogP contribution in [0.1, 0.15) is 37.3 Å². The van der Waals surface area contributed by atoms with Gasteiger partial charge in [-0.1, -0.05) is 54.7 Å². The topological polar surface area (TPSA) is 29.1 Å². The largest absolute Gasteiger partial charge is 0.326 e. The van der Waals surface area contributed by atoms with Crippen molar-refractivity contribution in [2.24, 2.45) is 0 Å². The van der Waals surface area contributed by atoms with Crippen molar-refractivity contribution in [3.8, 4) is 0 Å². The number of halogens is 2. The second-order valence-corrected chi connectivity index (χ2v) is 6.41. The number of amides is 1. The Hall–Kier alpha value is -1.51. The zero-order chi connectivity index (χ0) is 16.7. The number of carbonyl (C=O) groups is 1. The molecule has 0 saturated carbocycles. The van der Waals surface area contributed by atoms with Gasteiger partial charge >= 0.3 is 0 Å². The summed E-state index contributed by atoms with van der Waals surface area (Å²) in [5, 5.41) is 3.97. The summed E-state index contributed by atoms with van der Waals surface area (Å²) in [6.07, 6.45) is 4.51. The summed E-state index contributed by atoms with van der Waals surface area (Å²) in [6.45, 7) is 2.18. The fourth-order valence-electron chi connectivity index (χ4n) is 2.31. The molecule has 0 unspecified atom stereocenters. The lowest BCUT2D eigenvalue weighted by atomic mass is 10.1. The van der Waals surface area contributed by atoms with E-state index in [1.807, 2.05) is 18.2 Å². The molecule has 2 aromatic rings. The maximum atomic E-state index is 12.0. The van der Waals surface area contributed by atoms with Gasteiger partial charge in [-0.25, -0.2) is 0 Å². The number of hydrogen-bond acceptors (Lipinski definition) is 1. The molecule has 0 saturated heterocycles. The summed E-state index contributed by atoms with van der Waals surface area (Å²) in [5.41, 5.74) is 3.15. The molecule has 0 aliphatic heterocycles. The van der Waals surface area contributed by atoms with E-state index in [1.54, 1.807) is 12.1 Å². The number of carbonyl (C=O) groups excluding carboxylic acids is 1. The third-order valence-corrected chi connectivity index (χ3v) is 4.42. The second kappa shape index (κ2) is 8.95. The summed E-state index contributed by atoms with van der Waals surface area (Å²) in [6, 6.07) is 13.5. The van der Waals surface area contributed by atoms with Crippen LogP contribution in [0, 0.1) is 0 Å². The number of benzene rings is 2. The minimum absolute atomic E-state index is 0.00243. The van der Waals surface area contributed by atoms with E-state index in [0.717, 1.165) is 17.7 Å². The van der Waals surface area contributed by atoms with Gasteiger partial charge in [-0.15, -0.1) is 0 Å². The first-order valence-corrected chi connectivity index (χ1v) is 8.67. The summed E-state index contributed by atoms with van der Waals surface area (Å²) in [7, 11) is 0. The van der Waals surface area contributed by atoms with Crippen molar-refractivity contribution in [3.05, 3.63) is 63.6 Å². The van der Waals surface area contributed by atoms with E-state index in [9.17, 15) is 4.79 Å². The molecular formula is C19H21Cl2NO. The molecule has 0 aliphatic rings. The molecule has 0 radical (unpaired) electrons. The summed E-state index contributed by atoms with van der Waals surface area (Å²) in [4.78, 5) is 12.0. The molecule has 2 aromatic carbocycles. The lowest BCUT2D eigenvalue weighted by molar-refractivity contribution is -0.116. The molecule has 0 atom stereocenters. The van der Waals surface area contributed by atoms with Gasteiger partial charge in [0.05, 0.1) is 10.0 Å². The molecule has 0 fully saturated rings. The fraction of sp³-hybridized carbons (Fsp3) is 0.316. The number of nitrogens with one attached hydrogen (secondary N) is 1. The summed E-state index contributed by atoms with van der Waals surface area (Å²) >= 11 is 11.9. The van der Waals surface area contributed by atoms with Gasteiger partial charge < -0.3 is 5.32 Å². The minimum Gasteiger partial charge on any atom is -0.326 e. The first kappa shape index (κ1) is 17.8. The Morgan fingerprint density at radius 3 is 2.30 bits per heavy atom. The van der Waals surface area contributed by atoms with E-state index in [0.29, 0.717) is 22.9 Å². The number of aryl methyl sites for hydroxylation is 2. The van der Waals surface area contributed by atoms with Crippen LogP contribution < -0.4 is 5.32 Å². The molecule has 0 bridgehead atoms. The zero-order valence-corrected chi connectivity index (χ0v) is 14.8. The lowest BCUT2D eigenvalue weighted by Crippen LogP contribution is -2.12. The monoisotopic (exact) mass is 349 g/mol. The Morgan fingerprint density at radius 2 is 1.65 bits per heavy atom. The highest BCUT2D eigenvalue weighted by atomic mass is 35.5. The number of anilines is 1. The fourth-order valence-corrected chi connectivity index (χ4v) is 2.63. The van der Waals surface area contributed by atoms with Crippen LogP contribution in [0.2, 0.25) is 10.0 Å². The van der Waals surface area contributed by atoms with Gasteiger partial charge in [0.1, 0.15) is 0 Å². The first-order valence-electron chi connectivity index (χ1n) is 7.91. The van der Waals surface area contributed by atoms with Crippen LogP contribution in [-0.4, -0.2) is 5.91 Å². The number of unbranched alkanes of at least 4 members (excludes halogenated alkanes) is 1. The Kier molecular flexibility index (Phi) is 6.94.